The molecule has 1 heterocycles. The number of nitrogens with zero attached hydrogens (tertiary/aromatic N) is 3. The van der Waals surface area contributed by atoms with Crippen LogP contribution >= 0.6 is 0 Å². The van der Waals surface area contributed by atoms with Crippen LogP contribution in [0.3, 0.4) is 0 Å². The van der Waals surface area contributed by atoms with Crippen molar-refractivity contribution < 1.29 is 4.74 Å². The highest BCUT2D eigenvalue weighted by molar-refractivity contribution is 5.40. The molecule has 102 valence electrons. The van der Waals surface area contributed by atoms with E-state index < -0.39 is 0 Å². The van der Waals surface area contributed by atoms with Crippen LogP contribution in [0.1, 0.15) is 27.2 Å². The minimum Gasteiger partial charge on any atom is -0.478 e. The Morgan fingerprint density at radius 1 is 1.39 bits per heavy atom. The van der Waals surface area contributed by atoms with E-state index in [0.29, 0.717) is 24.9 Å². The molecule has 1 aromatic heterocycles. The van der Waals surface area contributed by atoms with Gasteiger partial charge in [-0.1, -0.05) is 13.8 Å². The summed E-state index contributed by atoms with van der Waals surface area (Å²) >= 11 is 0. The predicted octanol–water partition coefficient (Wildman–Crippen LogP) is 1.69. The molecule has 0 saturated carbocycles. The van der Waals surface area contributed by atoms with Gasteiger partial charge in [0.25, 0.3) is 0 Å². The lowest BCUT2D eigenvalue weighted by Crippen LogP contribution is -2.30. The first kappa shape index (κ1) is 14.7. The maximum atomic E-state index is 5.58. The minimum absolute atomic E-state index is 0.577. The average molecular weight is 252 g/mol. The van der Waals surface area contributed by atoms with E-state index in [0.717, 1.165) is 25.3 Å². The number of nitrogens with two attached hydrogens (primary N) is 1. The molecule has 0 spiro atoms. The van der Waals surface area contributed by atoms with Gasteiger partial charge in [-0.3, -0.25) is 0 Å². The summed E-state index contributed by atoms with van der Waals surface area (Å²) in [5.74, 6) is 2.12. The van der Waals surface area contributed by atoms with Gasteiger partial charge in [0.05, 0.1) is 6.61 Å². The summed E-state index contributed by atoms with van der Waals surface area (Å²) in [6.07, 6.45) is 2.51. The Morgan fingerprint density at radius 3 is 2.78 bits per heavy atom. The molecule has 0 atom stereocenters. The fourth-order valence-corrected chi connectivity index (χ4v) is 1.75. The Morgan fingerprint density at radius 2 is 2.17 bits per heavy atom. The molecule has 0 aliphatic rings. The van der Waals surface area contributed by atoms with Gasteiger partial charge < -0.3 is 15.4 Å². The molecule has 0 radical (unpaired) electrons. The van der Waals surface area contributed by atoms with Crippen molar-refractivity contribution in [3.8, 4) is 5.88 Å². The van der Waals surface area contributed by atoms with Gasteiger partial charge in [-0.15, -0.1) is 0 Å². The zero-order valence-corrected chi connectivity index (χ0v) is 11.6. The van der Waals surface area contributed by atoms with Crippen molar-refractivity contribution in [2.45, 2.75) is 27.2 Å². The lowest BCUT2D eigenvalue weighted by atomic mass is 10.2. The topological polar surface area (TPSA) is 64.3 Å². The maximum absolute atomic E-state index is 5.58. The van der Waals surface area contributed by atoms with E-state index in [1.54, 1.807) is 6.33 Å². The maximum Gasteiger partial charge on any atom is 0.218 e. The second-order valence-electron chi connectivity index (χ2n) is 4.63. The van der Waals surface area contributed by atoms with Crippen molar-refractivity contribution in [3.05, 3.63) is 12.4 Å². The van der Waals surface area contributed by atoms with E-state index in [9.17, 15) is 0 Å². The van der Waals surface area contributed by atoms with Gasteiger partial charge in [-0.25, -0.2) is 9.97 Å². The van der Waals surface area contributed by atoms with Crippen LogP contribution in [0.25, 0.3) is 0 Å². The first-order valence-electron chi connectivity index (χ1n) is 6.57. The number of hydrogen-bond donors (Lipinski definition) is 1. The summed E-state index contributed by atoms with van der Waals surface area (Å²) in [6.45, 7) is 9.52. The molecule has 2 N–H and O–H groups in total. The van der Waals surface area contributed by atoms with Gasteiger partial charge in [-0.05, 0) is 25.8 Å². The zero-order valence-electron chi connectivity index (χ0n) is 11.6. The van der Waals surface area contributed by atoms with Crippen molar-refractivity contribution in [3.63, 3.8) is 0 Å². The molecule has 0 amide bonds. The highest BCUT2D eigenvalue weighted by Gasteiger charge is 2.10. The molecule has 1 aromatic rings. The Labute approximate surface area is 109 Å². The summed E-state index contributed by atoms with van der Waals surface area (Å²) in [7, 11) is 0. The van der Waals surface area contributed by atoms with E-state index >= 15 is 0 Å². The van der Waals surface area contributed by atoms with Crippen LogP contribution in [0.2, 0.25) is 0 Å². The van der Waals surface area contributed by atoms with Crippen molar-refractivity contribution in [1.82, 2.24) is 9.97 Å². The lowest BCUT2D eigenvalue weighted by Gasteiger charge is -2.25. The van der Waals surface area contributed by atoms with Crippen molar-refractivity contribution >= 4 is 5.82 Å². The van der Waals surface area contributed by atoms with Gasteiger partial charge in [0.2, 0.25) is 5.88 Å². The molecular weight excluding hydrogens is 228 g/mol. The SMILES string of the molecule is CCOc1cc(N(CCCN)CC(C)C)ncn1. The van der Waals surface area contributed by atoms with Gasteiger partial charge in [0, 0.05) is 19.2 Å². The van der Waals surface area contributed by atoms with E-state index in [4.69, 9.17) is 10.5 Å². The number of aromatic nitrogens is 2. The fourth-order valence-electron chi connectivity index (χ4n) is 1.75. The van der Waals surface area contributed by atoms with Crippen molar-refractivity contribution in [2.75, 3.05) is 31.1 Å². The zero-order chi connectivity index (χ0) is 13.4. The number of anilines is 1. The van der Waals surface area contributed by atoms with E-state index in [1.807, 2.05) is 13.0 Å². The standard InChI is InChI=1S/C13H24N4O/c1-4-18-13-8-12(15-10-16-13)17(7-5-6-14)9-11(2)3/h8,10-11H,4-7,9,14H2,1-3H3. The molecule has 5 heteroatoms. The Kier molecular flexibility index (Phi) is 6.43. The Hall–Kier alpha value is -1.36. The van der Waals surface area contributed by atoms with Crippen LogP contribution in [0, 0.1) is 5.92 Å². The first-order chi connectivity index (χ1) is 8.67. The Bertz CT molecular complexity index is 344. The van der Waals surface area contributed by atoms with Crippen LogP contribution in [0.4, 0.5) is 5.82 Å². The second-order valence-corrected chi connectivity index (χ2v) is 4.63. The number of rotatable bonds is 8. The van der Waals surface area contributed by atoms with Crippen LogP contribution in [-0.4, -0.2) is 36.2 Å². The molecule has 0 fully saturated rings. The van der Waals surface area contributed by atoms with E-state index in [1.165, 1.54) is 0 Å². The van der Waals surface area contributed by atoms with Gasteiger partial charge in [0.1, 0.15) is 12.1 Å². The number of ether oxygens (including phenoxy) is 1. The summed E-state index contributed by atoms with van der Waals surface area (Å²) in [5.41, 5.74) is 5.58. The lowest BCUT2D eigenvalue weighted by molar-refractivity contribution is 0.326. The molecule has 18 heavy (non-hydrogen) atoms. The Balaban J connectivity index is 2.78. The highest BCUT2D eigenvalue weighted by Crippen LogP contribution is 2.17. The normalized spacial score (nSPS) is 10.7. The molecule has 0 saturated heterocycles. The molecule has 0 bridgehead atoms. The summed E-state index contributed by atoms with van der Waals surface area (Å²) in [5, 5.41) is 0. The molecule has 1 rings (SSSR count). The highest BCUT2D eigenvalue weighted by atomic mass is 16.5. The number of hydrogen-bond acceptors (Lipinski definition) is 5. The quantitative estimate of drug-likeness (QED) is 0.762. The minimum atomic E-state index is 0.577. The van der Waals surface area contributed by atoms with Crippen LogP contribution in [0.5, 0.6) is 5.88 Å². The van der Waals surface area contributed by atoms with Crippen LogP contribution in [0.15, 0.2) is 12.4 Å². The van der Waals surface area contributed by atoms with Gasteiger partial charge in [-0.2, -0.15) is 0 Å². The summed E-state index contributed by atoms with van der Waals surface area (Å²) in [4.78, 5) is 10.6. The summed E-state index contributed by atoms with van der Waals surface area (Å²) < 4.78 is 5.40. The monoisotopic (exact) mass is 252 g/mol. The van der Waals surface area contributed by atoms with Gasteiger partial charge in [0.15, 0.2) is 0 Å². The van der Waals surface area contributed by atoms with Crippen LogP contribution < -0.4 is 15.4 Å². The second kappa shape index (κ2) is 7.87. The van der Waals surface area contributed by atoms with Crippen LogP contribution in [-0.2, 0) is 0 Å². The largest absolute Gasteiger partial charge is 0.478 e. The molecule has 0 unspecified atom stereocenters. The fraction of sp³-hybridized carbons (Fsp3) is 0.692. The first-order valence-corrected chi connectivity index (χ1v) is 6.57. The van der Waals surface area contributed by atoms with Crippen molar-refractivity contribution in [2.24, 2.45) is 11.7 Å². The predicted molar refractivity (Wildman–Crippen MR) is 73.9 cm³/mol. The third-order valence-corrected chi connectivity index (χ3v) is 2.46. The summed E-state index contributed by atoms with van der Waals surface area (Å²) in [6, 6.07) is 1.89. The molecule has 0 aliphatic heterocycles. The van der Waals surface area contributed by atoms with Gasteiger partial charge >= 0.3 is 0 Å². The third kappa shape index (κ3) is 4.87. The smallest absolute Gasteiger partial charge is 0.218 e. The molecule has 0 aliphatic carbocycles. The average Bonchev–Trinajstić information content (AvgIpc) is 2.35. The molecule has 0 aromatic carbocycles. The molecular formula is C13H24N4O. The van der Waals surface area contributed by atoms with E-state index in [2.05, 4.69) is 28.7 Å². The molecule has 5 nitrogen and oxygen atoms in total. The third-order valence-electron chi connectivity index (χ3n) is 2.46. The van der Waals surface area contributed by atoms with E-state index in [-0.39, 0.29) is 0 Å². The van der Waals surface area contributed by atoms with Crippen molar-refractivity contribution in [1.29, 1.82) is 0 Å².